The zero-order chi connectivity index (χ0) is 13.7. The quantitative estimate of drug-likeness (QED) is 0.833. The number of rotatable bonds is 4. The second-order valence-electron chi connectivity index (χ2n) is 5.27. The molecule has 0 saturated heterocycles. The maximum absolute atomic E-state index is 12.0. The van der Waals surface area contributed by atoms with E-state index in [-0.39, 0.29) is 12.5 Å². The van der Waals surface area contributed by atoms with Gasteiger partial charge in [0.05, 0.1) is 12.1 Å². The van der Waals surface area contributed by atoms with Crippen molar-refractivity contribution in [2.24, 2.45) is 0 Å². The average Bonchev–Trinajstić information content (AvgIpc) is 2.83. The van der Waals surface area contributed by atoms with Crippen molar-refractivity contribution in [2.75, 3.05) is 6.61 Å². The molecule has 1 heterocycles. The lowest BCUT2D eigenvalue weighted by molar-refractivity contribution is -0.119. The van der Waals surface area contributed by atoms with E-state index >= 15 is 0 Å². The third kappa shape index (κ3) is 3.91. The Hall–Kier alpha value is -1.13. The molecule has 1 aromatic heterocycles. The van der Waals surface area contributed by atoms with Crippen LogP contribution in [0.1, 0.15) is 41.9 Å². The van der Waals surface area contributed by atoms with Gasteiger partial charge in [-0.2, -0.15) is 0 Å². The maximum atomic E-state index is 12.0. The Morgan fingerprint density at radius 1 is 1.42 bits per heavy atom. The lowest BCUT2D eigenvalue weighted by Crippen LogP contribution is -2.52. The minimum atomic E-state index is -0.398. The van der Waals surface area contributed by atoms with Crippen molar-refractivity contribution in [3.05, 3.63) is 28.0 Å². The van der Waals surface area contributed by atoms with Crippen molar-refractivity contribution in [1.82, 2.24) is 5.32 Å². The molecule has 2 rings (SSSR count). The molecule has 1 fully saturated rings. The SMILES string of the molecule is Cc1ccc(C=CC(=O)NC2(CO)CCCCC2)s1. The van der Waals surface area contributed by atoms with Crippen LogP contribution < -0.4 is 5.32 Å². The second kappa shape index (κ2) is 6.35. The molecule has 1 amide bonds. The number of carbonyl (C=O) groups is 1. The summed E-state index contributed by atoms with van der Waals surface area (Å²) < 4.78 is 0. The Labute approximate surface area is 118 Å². The second-order valence-corrected chi connectivity index (χ2v) is 6.59. The van der Waals surface area contributed by atoms with Gasteiger partial charge in [-0.1, -0.05) is 19.3 Å². The fraction of sp³-hybridized carbons (Fsp3) is 0.533. The van der Waals surface area contributed by atoms with Gasteiger partial charge >= 0.3 is 0 Å². The van der Waals surface area contributed by atoms with E-state index < -0.39 is 5.54 Å². The van der Waals surface area contributed by atoms with Gasteiger partial charge in [0.1, 0.15) is 0 Å². The van der Waals surface area contributed by atoms with Gasteiger partial charge in [0.25, 0.3) is 0 Å². The first-order valence-electron chi connectivity index (χ1n) is 6.81. The van der Waals surface area contributed by atoms with Crippen molar-refractivity contribution >= 4 is 23.3 Å². The number of hydrogen-bond donors (Lipinski definition) is 2. The summed E-state index contributed by atoms with van der Waals surface area (Å²) in [5, 5.41) is 12.5. The smallest absolute Gasteiger partial charge is 0.244 e. The van der Waals surface area contributed by atoms with Crippen LogP contribution in [0.4, 0.5) is 0 Å². The fourth-order valence-electron chi connectivity index (χ4n) is 2.56. The Balaban J connectivity index is 1.94. The highest BCUT2D eigenvalue weighted by Crippen LogP contribution is 2.27. The molecule has 3 nitrogen and oxygen atoms in total. The monoisotopic (exact) mass is 279 g/mol. The van der Waals surface area contributed by atoms with Crippen molar-refractivity contribution < 1.29 is 9.90 Å². The molecule has 0 aromatic carbocycles. The van der Waals surface area contributed by atoms with E-state index in [0.717, 1.165) is 30.6 Å². The first-order valence-corrected chi connectivity index (χ1v) is 7.63. The first kappa shape index (κ1) is 14.3. The summed E-state index contributed by atoms with van der Waals surface area (Å²) in [6, 6.07) is 4.05. The molecule has 19 heavy (non-hydrogen) atoms. The van der Waals surface area contributed by atoms with Crippen LogP contribution in [0.2, 0.25) is 0 Å². The number of amides is 1. The molecule has 1 aliphatic carbocycles. The fourth-order valence-corrected chi connectivity index (χ4v) is 3.34. The van der Waals surface area contributed by atoms with Gasteiger partial charge in [-0.25, -0.2) is 0 Å². The first-order chi connectivity index (χ1) is 9.13. The lowest BCUT2D eigenvalue weighted by atomic mass is 9.82. The number of aliphatic hydroxyl groups excluding tert-OH is 1. The third-order valence-corrected chi connectivity index (χ3v) is 4.63. The molecular formula is C15H21NO2S. The molecule has 4 heteroatoms. The zero-order valence-corrected chi connectivity index (χ0v) is 12.1. The highest BCUT2D eigenvalue weighted by Gasteiger charge is 2.32. The molecule has 104 valence electrons. The number of aryl methyl sites for hydroxylation is 1. The number of hydrogen-bond acceptors (Lipinski definition) is 3. The third-order valence-electron chi connectivity index (χ3n) is 3.66. The predicted molar refractivity (Wildman–Crippen MR) is 79.1 cm³/mol. The minimum Gasteiger partial charge on any atom is -0.394 e. The van der Waals surface area contributed by atoms with Crippen LogP contribution in [0.5, 0.6) is 0 Å². The molecule has 0 bridgehead atoms. The summed E-state index contributed by atoms with van der Waals surface area (Å²) in [6.45, 7) is 2.08. The molecule has 0 radical (unpaired) electrons. The van der Waals surface area contributed by atoms with E-state index in [0.29, 0.717) is 0 Å². The zero-order valence-electron chi connectivity index (χ0n) is 11.3. The molecule has 0 spiro atoms. The molecule has 0 unspecified atom stereocenters. The summed E-state index contributed by atoms with van der Waals surface area (Å²) in [6.07, 6.45) is 8.51. The van der Waals surface area contributed by atoms with Crippen LogP contribution in [-0.4, -0.2) is 23.2 Å². The van der Waals surface area contributed by atoms with Crippen LogP contribution in [0.25, 0.3) is 6.08 Å². The van der Waals surface area contributed by atoms with Crippen LogP contribution in [-0.2, 0) is 4.79 Å². The van der Waals surface area contributed by atoms with Gasteiger partial charge in [0.15, 0.2) is 0 Å². The maximum Gasteiger partial charge on any atom is 0.244 e. The number of nitrogens with one attached hydrogen (secondary N) is 1. The summed E-state index contributed by atoms with van der Waals surface area (Å²) >= 11 is 1.66. The lowest BCUT2D eigenvalue weighted by Gasteiger charge is -2.36. The van der Waals surface area contributed by atoms with Crippen LogP contribution >= 0.6 is 11.3 Å². The molecule has 1 saturated carbocycles. The van der Waals surface area contributed by atoms with Crippen LogP contribution in [0.3, 0.4) is 0 Å². The van der Waals surface area contributed by atoms with E-state index in [1.165, 1.54) is 11.3 Å². The van der Waals surface area contributed by atoms with Gasteiger partial charge in [0.2, 0.25) is 5.91 Å². The van der Waals surface area contributed by atoms with Crippen molar-refractivity contribution in [1.29, 1.82) is 0 Å². The van der Waals surface area contributed by atoms with E-state index in [1.807, 2.05) is 25.1 Å². The van der Waals surface area contributed by atoms with Crippen molar-refractivity contribution in [3.8, 4) is 0 Å². The van der Waals surface area contributed by atoms with Crippen molar-refractivity contribution in [2.45, 2.75) is 44.6 Å². The Morgan fingerprint density at radius 2 is 2.16 bits per heavy atom. The largest absolute Gasteiger partial charge is 0.394 e. The summed E-state index contributed by atoms with van der Waals surface area (Å²) in [4.78, 5) is 14.3. The topological polar surface area (TPSA) is 49.3 Å². The van der Waals surface area contributed by atoms with Gasteiger partial charge in [-0.05, 0) is 38.0 Å². The van der Waals surface area contributed by atoms with Gasteiger partial charge in [-0.15, -0.1) is 11.3 Å². The summed E-state index contributed by atoms with van der Waals surface area (Å²) in [7, 11) is 0. The molecule has 1 aromatic rings. The van der Waals surface area contributed by atoms with Gasteiger partial charge in [0, 0.05) is 15.8 Å². The Bertz CT molecular complexity index is 458. The highest BCUT2D eigenvalue weighted by molar-refractivity contribution is 7.12. The summed E-state index contributed by atoms with van der Waals surface area (Å²) in [5.74, 6) is -0.109. The van der Waals surface area contributed by atoms with Crippen LogP contribution in [0.15, 0.2) is 18.2 Å². The Morgan fingerprint density at radius 3 is 2.74 bits per heavy atom. The minimum absolute atomic E-state index is 0.0324. The molecular weight excluding hydrogens is 258 g/mol. The normalized spacial score (nSPS) is 18.6. The van der Waals surface area contributed by atoms with E-state index in [4.69, 9.17) is 0 Å². The van der Waals surface area contributed by atoms with E-state index in [9.17, 15) is 9.90 Å². The number of aliphatic hydroxyl groups is 1. The average molecular weight is 279 g/mol. The number of carbonyl (C=O) groups excluding carboxylic acids is 1. The molecule has 1 aliphatic rings. The summed E-state index contributed by atoms with van der Waals surface area (Å²) in [5.41, 5.74) is -0.398. The molecule has 0 atom stereocenters. The van der Waals surface area contributed by atoms with Crippen molar-refractivity contribution in [3.63, 3.8) is 0 Å². The van der Waals surface area contributed by atoms with Gasteiger partial charge < -0.3 is 10.4 Å². The van der Waals surface area contributed by atoms with E-state index in [1.54, 1.807) is 17.4 Å². The molecule has 2 N–H and O–H groups in total. The Kier molecular flexibility index (Phi) is 4.77. The number of thiophene rings is 1. The van der Waals surface area contributed by atoms with Gasteiger partial charge in [-0.3, -0.25) is 4.79 Å². The van der Waals surface area contributed by atoms with Crippen LogP contribution in [0, 0.1) is 6.92 Å². The van der Waals surface area contributed by atoms with E-state index in [2.05, 4.69) is 5.32 Å². The highest BCUT2D eigenvalue weighted by atomic mass is 32.1. The predicted octanol–water partition coefficient (Wildman–Crippen LogP) is 2.88. The standard InChI is InChI=1S/C15H21NO2S/c1-12-5-6-13(19-12)7-8-14(18)16-15(11-17)9-3-2-4-10-15/h5-8,17H,2-4,9-11H2,1H3,(H,16,18). The molecule has 0 aliphatic heterocycles.